The first-order valence-electron chi connectivity index (χ1n) is 11.3. The van der Waals surface area contributed by atoms with Crippen molar-refractivity contribution >= 4 is 5.78 Å². The molecule has 2 bridgehead atoms. The number of aliphatic hydroxyl groups is 1. The zero-order valence-electron chi connectivity index (χ0n) is 17.5. The number of hydrogen-bond acceptors (Lipinski definition) is 3. The number of carbonyl (C=O) groups excluding carboxylic acids is 1. The molecule has 1 aliphatic heterocycles. The van der Waals surface area contributed by atoms with E-state index in [1.54, 1.807) is 0 Å². The van der Waals surface area contributed by atoms with Crippen LogP contribution >= 0.6 is 0 Å². The average molecular weight is 383 g/mol. The quantitative estimate of drug-likeness (QED) is 0.553. The van der Waals surface area contributed by atoms with E-state index < -0.39 is 0 Å². The SMILES string of the molecule is C/C=C/C1O[C@]1(C)C1CC[C@H]2C3=CC(=O)[C@H]4CC(=CC[C@H](O)C4)[C@H]3CC[C@]12C. The normalized spacial score (nSPS) is 50.4. The Morgan fingerprint density at radius 1 is 1.25 bits per heavy atom. The van der Waals surface area contributed by atoms with Gasteiger partial charge in [-0.2, -0.15) is 0 Å². The highest BCUT2D eigenvalue weighted by molar-refractivity contribution is 5.93. The van der Waals surface area contributed by atoms with Crippen LogP contribution in [-0.2, 0) is 9.53 Å². The first kappa shape index (κ1) is 18.8. The molecule has 5 aliphatic rings. The number of aliphatic hydroxyl groups excluding tert-OH is 1. The van der Waals surface area contributed by atoms with E-state index in [-0.39, 0.29) is 34.9 Å². The first-order chi connectivity index (χ1) is 13.4. The van der Waals surface area contributed by atoms with Crippen LogP contribution in [0, 0.1) is 29.1 Å². The third kappa shape index (κ3) is 2.65. The summed E-state index contributed by atoms with van der Waals surface area (Å²) >= 11 is 0. The summed E-state index contributed by atoms with van der Waals surface area (Å²) < 4.78 is 6.21. The first-order valence-corrected chi connectivity index (χ1v) is 11.3. The average Bonchev–Trinajstić information content (AvgIpc) is 3.25. The van der Waals surface area contributed by atoms with Crippen LogP contribution in [0.4, 0.5) is 0 Å². The lowest BCUT2D eigenvalue weighted by atomic mass is 9.57. The highest BCUT2D eigenvalue weighted by atomic mass is 16.6. The van der Waals surface area contributed by atoms with Crippen LogP contribution < -0.4 is 0 Å². The van der Waals surface area contributed by atoms with E-state index in [1.807, 2.05) is 6.08 Å². The van der Waals surface area contributed by atoms with Crippen LogP contribution in [0.25, 0.3) is 0 Å². The fourth-order valence-electron chi connectivity index (χ4n) is 7.41. The largest absolute Gasteiger partial charge is 0.393 e. The molecule has 152 valence electrons. The molecule has 1 N–H and O–H groups in total. The van der Waals surface area contributed by atoms with E-state index in [1.165, 1.54) is 30.4 Å². The Labute approximate surface area is 168 Å². The standard InChI is InChI=1S/C25H34O3/c1-4-5-23-25(3,28-23)22-9-8-20-19-14-21(27)16-12-15(6-7-17(26)13-16)18(19)10-11-24(20,22)2/h4-6,14,16-18,20,22-23,26H,7-13H2,1-3H3/b5-4+/t16-,17-,18+,20-,22?,23?,24-,25+/m0/s1. The zero-order chi connectivity index (χ0) is 19.7. The fraction of sp³-hybridized carbons (Fsp3) is 0.720. The summed E-state index contributed by atoms with van der Waals surface area (Å²) in [7, 11) is 0. The Morgan fingerprint density at radius 2 is 2.07 bits per heavy atom. The molecule has 3 nitrogen and oxygen atoms in total. The van der Waals surface area contributed by atoms with Crippen LogP contribution in [0.5, 0.6) is 0 Å². The highest BCUT2D eigenvalue weighted by Crippen LogP contribution is 2.66. The van der Waals surface area contributed by atoms with Crippen molar-refractivity contribution in [3.63, 3.8) is 0 Å². The molecule has 1 saturated heterocycles. The minimum atomic E-state index is -0.360. The zero-order valence-corrected chi connectivity index (χ0v) is 17.5. The van der Waals surface area contributed by atoms with Gasteiger partial charge in [0.15, 0.2) is 5.78 Å². The Balaban J connectivity index is 1.48. The van der Waals surface area contributed by atoms with Crippen molar-refractivity contribution in [2.75, 3.05) is 0 Å². The number of carbonyl (C=O) groups is 1. The van der Waals surface area contributed by atoms with Gasteiger partial charge in [0.1, 0.15) is 6.10 Å². The molecule has 0 radical (unpaired) electrons. The number of hydrogen-bond donors (Lipinski definition) is 1. The molecule has 2 unspecified atom stereocenters. The predicted molar refractivity (Wildman–Crippen MR) is 110 cm³/mol. The number of allylic oxidation sites excluding steroid dienone is 4. The number of ether oxygens (including phenoxy) is 1. The molecule has 3 heteroatoms. The molecule has 8 atom stereocenters. The van der Waals surface area contributed by atoms with Crippen molar-refractivity contribution in [3.8, 4) is 0 Å². The second-order valence-corrected chi connectivity index (χ2v) is 10.4. The van der Waals surface area contributed by atoms with Crippen molar-refractivity contribution < 1.29 is 14.6 Å². The second-order valence-electron chi connectivity index (χ2n) is 10.4. The van der Waals surface area contributed by atoms with Gasteiger partial charge in [0.25, 0.3) is 0 Å². The highest BCUT2D eigenvalue weighted by Gasteiger charge is 2.65. The lowest BCUT2D eigenvalue weighted by molar-refractivity contribution is -0.119. The minimum Gasteiger partial charge on any atom is -0.393 e. The Hall–Kier alpha value is -1.19. The van der Waals surface area contributed by atoms with Gasteiger partial charge < -0.3 is 9.84 Å². The van der Waals surface area contributed by atoms with Crippen LogP contribution in [0.1, 0.15) is 65.7 Å². The maximum Gasteiger partial charge on any atom is 0.159 e. The van der Waals surface area contributed by atoms with Gasteiger partial charge in [-0.3, -0.25) is 4.79 Å². The van der Waals surface area contributed by atoms with Gasteiger partial charge in [0.05, 0.1) is 11.7 Å². The molecule has 0 aromatic heterocycles. The predicted octanol–water partition coefficient (Wildman–Crippen LogP) is 4.76. The van der Waals surface area contributed by atoms with Gasteiger partial charge in [-0.1, -0.05) is 36.3 Å². The number of fused-ring (bicyclic) bond motifs is 6. The Kier molecular flexibility index (Phi) is 4.30. The van der Waals surface area contributed by atoms with E-state index in [4.69, 9.17) is 4.74 Å². The van der Waals surface area contributed by atoms with E-state index in [0.29, 0.717) is 30.6 Å². The molecule has 28 heavy (non-hydrogen) atoms. The van der Waals surface area contributed by atoms with E-state index >= 15 is 0 Å². The van der Waals surface area contributed by atoms with Gasteiger partial charge in [0, 0.05) is 11.8 Å². The molecule has 0 spiro atoms. The summed E-state index contributed by atoms with van der Waals surface area (Å²) in [5, 5.41) is 10.2. The van der Waals surface area contributed by atoms with Crippen molar-refractivity contribution in [2.24, 2.45) is 29.1 Å². The Morgan fingerprint density at radius 3 is 2.86 bits per heavy atom. The van der Waals surface area contributed by atoms with E-state index in [0.717, 1.165) is 12.8 Å². The topological polar surface area (TPSA) is 49.8 Å². The third-order valence-electron chi connectivity index (χ3n) is 8.91. The van der Waals surface area contributed by atoms with Crippen LogP contribution in [-0.4, -0.2) is 28.7 Å². The van der Waals surface area contributed by atoms with E-state index in [2.05, 4.69) is 39.0 Å². The van der Waals surface area contributed by atoms with Crippen LogP contribution in [0.2, 0.25) is 0 Å². The maximum absolute atomic E-state index is 13.1. The molecule has 0 aromatic carbocycles. The summed E-state index contributed by atoms with van der Waals surface area (Å²) in [5.74, 6) is 1.73. The smallest absolute Gasteiger partial charge is 0.159 e. The van der Waals surface area contributed by atoms with Crippen LogP contribution in [0.3, 0.4) is 0 Å². The molecule has 1 heterocycles. The Bertz CT molecular complexity index is 777. The van der Waals surface area contributed by atoms with Gasteiger partial charge in [0.2, 0.25) is 0 Å². The van der Waals surface area contributed by atoms with Gasteiger partial charge >= 0.3 is 0 Å². The molecular formula is C25H34O3. The number of ketones is 1. The maximum atomic E-state index is 13.1. The lowest BCUT2D eigenvalue weighted by Gasteiger charge is -2.47. The fourth-order valence-corrected chi connectivity index (χ4v) is 7.41. The van der Waals surface area contributed by atoms with Gasteiger partial charge in [-0.25, -0.2) is 0 Å². The summed E-state index contributed by atoms with van der Waals surface area (Å²) in [6, 6.07) is 0. The molecule has 5 rings (SSSR count). The lowest BCUT2D eigenvalue weighted by Crippen LogP contribution is -2.42. The van der Waals surface area contributed by atoms with Gasteiger partial charge in [-0.15, -0.1) is 0 Å². The summed E-state index contributed by atoms with van der Waals surface area (Å²) in [5.41, 5.74) is 3.04. The molecule has 2 saturated carbocycles. The number of rotatable bonds is 2. The summed E-state index contributed by atoms with van der Waals surface area (Å²) in [6.45, 7) is 6.84. The van der Waals surface area contributed by atoms with Crippen molar-refractivity contribution in [1.82, 2.24) is 0 Å². The monoisotopic (exact) mass is 382 g/mol. The molecular weight excluding hydrogens is 348 g/mol. The van der Waals surface area contributed by atoms with Crippen molar-refractivity contribution in [1.29, 1.82) is 0 Å². The van der Waals surface area contributed by atoms with Gasteiger partial charge in [-0.05, 0) is 82.1 Å². The third-order valence-corrected chi connectivity index (χ3v) is 8.91. The molecule has 0 aromatic rings. The number of epoxide rings is 1. The van der Waals surface area contributed by atoms with Crippen molar-refractivity contribution in [3.05, 3.63) is 35.5 Å². The molecule has 4 aliphatic carbocycles. The van der Waals surface area contributed by atoms with Crippen molar-refractivity contribution in [2.45, 2.75) is 83.5 Å². The minimum absolute atomic E-state index is 0.0198. The van der Waals surface area contributed by atoms with Crippen LogP contribution in [0.15, 0.2) is 35.5 Å². The summed E-state index contributed by atoms with van der Waals surface area (Å²) in [6.07, 6.45) is 15.4. The van der Waals surface area contributed by atoms with E-state index in [9.17, 15) is 9.90 Å². The summed E-state index contributed by atoms with van der Waals surface area (Å²) in [4.78, 5) is 13.1. The second kappa shape index (κ2) is 6.40. The molecule has 0 amide bonds. The molecule has 3 fully saturated rings.